The Morgan fingerprint density at radius 1 is 1.45 bits per heavy atom. The molecule has 0 fully saturated rings. The summed E-state index contributed by atoms with van der Waals surface area (Å²) in [5.74, 6) is 0. The lowest BCUT2D eigenvalue weighted by atomic mass is 9.72. The van der Waals surface area contributed by atoms with Gasteiger partial charge in [0.1, 0.15) is 0 Å². The van der Waals surface area contributed by atoms with Crippen molar-refractivity contribution in [2.24, 2.45) is 5.41 Å². The van der Waals surface area contributed by atoms with Gasteiger partial charge in [0.25, 0.3) is 0 Å². The van der Waals surface area contributed by atoms with Crippen LogP contribution >= 0.6 is 0 Å². The highest BCUT2D eigenvalue weighted by molar-refractivity contribution is 5.22. The lowest BCUT2D eigenvalue weighted by Crippen LogP contribution is -2.19. The third kappa shape index (κ3) is 1.66. The van der Waals surface area contributed by atoms with Crippen LogP contribution in [0.1, 0.15) is 46.5 Å². The fourth-order valence-electron chi connectivity index (χ4n) is 2.23. The summed E-state index contributed by atoms with van der Waals surface area (Å²) in [5, 5.41) is 0. The smallest absolute Gasteiger partial charge is 0.0142 e. The molecule has 1 rings (SSSR count). The van der Waals surface area contributed by atoms with Gasteiger partial charge in [-0.25, -0.2) is 0 Å². The molecule has 0 amide bonds. The minimum atomic E-state index is 0.435. The molecule has 1 aliphatic carbocycles. The van der Waals surface area contributed by atoms with Crippen molar-refractivity contribution in [3.05, 3.63) is 18.1 Å². The molecule has 1 aliphatic rings. The third-order valence-electron chi connectivity index (χ3n) is 2.94. The molecule has 63 valence electrons. The van der Waals surface area contributed by atoms with Gasteiger partial charge in [-0.3, -0.25) is 0 Å². The molecule has 0 nitrogen and oxygen atoms in total. The zero-order valence-corrected chi connectivity index (χ0v) is 8.04. The largest absolute Gasteiger partial charge is 0.0736 e. The summed E-state index contributed by atoms with van der Waals surface area (Å²) in [5.41, 5.74) is 3.63. The number of hydrogen-bond acceptors (Lipinski definition) is 0. The second-order valence-electron chi connectivity index (χ2n) is 4.25. The SMILES string of the molecule is [CH2]CC1=C(C)CCCC1(C)C. The highest BCUT2D eigenvalue weighted by Gasteiger charge is 2.26. The van der Waals surface area contributed by atoms with E-state index in [1.54, 1.807) is 11.1 Å². The molecule has 0 unspecified atom stereocenters. The lowest BCUT2D eigenvalue weighted by molar-refractivity contribution is 0.360. The Hall–Kier alpha value is -0.260. The van der Waals surface area contributed by atoms with Gasteiger partial charge in [0, 0.05) is 0 Å². The van der Waals surface area contributed by atoms with E-state index in [1.165, 1.54) is 19.3 Å². The predicted octanol–water partition coefficient (Wildman–Crippen LogP) is 3.74. The van der Waals surface area contributed by atoms with Crippen molar-refractivity contribution in [1.82, 2.24) is 0 Å². The van der Waals surface area contributed by atoms with Crippen LogP contribution < -0.4 is 0 Å². The van der Waals surface area contributed by atoms with E-state index >= 15 is 0 Å². The summed E-state index contributed by atoms with van der Waals surface area (Å²) in [4.78, 5) is 0. The van der Waals surface area contributed by atoms with Crippen molar-refractivity contribution in [3.63, 3.8) is 0 Å². The van der Waals surface area contributed by atoms with Gasteiger partial charge in [0.2, 0.25) is 0 Å². The van der Waals surface area contributed by atoms with Crippen LogP contribution in [0, 0.1) is 12.3 Å². The molecule has 0 heterocycles. The minimum Gasteiger partial charge on any atom is -0.0736 e. The molecular weight excluding hydrogens is 132 g/mol. The van der Waals surface area contributed by atoms with Crippen LogP contribution in [-0.4, -0.2) is 0 Å². The number of allylic oxidation sites excluding steroid dienone is 2. The summed E-state index contributed by atoms with van der Waals surface area (Å²) in [7, 11) is 0. The van der Waals surface area contributed by atoms with Crippen molar-refractivity contribution in [3.8, 4) is 0 Å². The van der Waals surface area contributed by atoms with E-state index in [-0.39, 0.29) is 0 Å². The van der Waals surface area contributed by atoms with Gasteiger partial charge in [-0.1, -0.05) is 25.0 Å². The molecule has 0 aromatic carbocycles. The van der Waals surface area contributed by atoms with Crippen LogP contribution in [0.15, 0.2) is 11.1 Å². The Balaban J connectivity index is 2.92. The van der Waals surface area contributed by atoms with Crippen LogP contribution in [0.4, 0.5) is 0 Å². The summed E-state index contributed by atoms with van der Waals surface area (Å²) in [6, 6.07) is 0. The maximum Gasteiger partial charge on any atom is -0.0142 e. The summed E-state index contributed by atoms with van der Waals surface area (Å²) >= 11 is 0. The monoisotopic (exact) mass is 151 g/mol. The van der Waals surface area contributed by atoms with Gasteiger partial charge >= 0.3 is 0 Å². The summed E-state index contributed by atoms with van der Waals surface area (Å²) in [6.45, 7) is 10.9. The topological polar surface area (TPSA) is 0 Å². The minimum absolute atomic E-state index is 0.435. The maximum absolute atomic E-state index is 4.00. The Bertz CT molecular complexity index is 172. The summed E-state index contributed by atoms with van der Waals surface area (Å²) in [6.07, 6.45) is 5.00. The average Bonchev–Trinajstić information content (AvgIpc) is 1.86. The van der Waals surface area contributed by atoms with Crippen molar-refractivity contribution in [1.29, 1.82) is 0 Å². The fourth-order valence-corrected chi connectivity index (χ4v) is 2.23. The molecule has 0 aliphatic heterocycles. The van der Waals surface area contributed by atoms with E-state index in [2.05, 4.69) is 27.7 Å². The fraction of sp³-hybridized carbons (Fsp3) is 0.727. The standard InChI is InChI=1S/C11H19/c1-5-10-9(2)7-6-8-11(10,3)4/h1,5-8H2,2-4H3. The van der Waals surface area contributed by atoms with Gasteiger partial charge in [-0.05, 0) is 44.9 Å². The van der Waals surface area contributed by atoms with E-state index in [9.17, 15) is 0 Å². The quantitative estimate of drug-likeness (QED) is 0.501. The molecule has 0 aromatic rings. The summed E-state index contributed by atoms with van der Waals surface area (Å²) < 4.78 is 0. The van der Waals surface area contributed by atoms with Gasteiger partial charge < -0.3 is 0 Å². The van der Waals surface area contributed by atoms with E-state index in [0.29, 0.717) is 5.41 Å². The van der Waals surface area contributed by atoms with Crippen molar-refractivity contribution in [2.75, 3.05) is 0 Å². The van der Waals surface area contributed by atoms with E-state index in [1.807, 2.05) is 0 Å². The molecule has 11 heavy (non-hydrogen) atoms. The molecule has 0 N–H and O–H groups in total. The van der Waals surface area contributed by atoms with Crippen LogP contribution in [0.5, 0.6) is 0 Å². The normalized spacial score (nSPS) is 24.0. The zero-order chi connectivity index (χ0) is 8.48. The van der Waals surface area contributed by atoms with Crippen molar-refractivity contribution in [2.45, 2.75) is 46.5 Å². The number of rotatable bonds is 1. The molecule has 0 saturated carbocycles. The van der Waals surface area contributed by atoms with E-state index in [4.69, 9.17) is 0 Å². The first-order chi connectivity index (χ1) is 5.08. The first-order valence-corrected chi connectivity index (χ1v) is 4.56. The Morgan fingerprint density at radius 2 is 2.09 bits per heavy atom. The molecule has 0 spiro atoms. The Labute approximate surface area is 70.7 Å². The molecule has 0 heteroatoms. The van der Waals surface area contributed by atoms with Gasteiger partial charge in [0.05, 0.1) is 0 Å². The maximum atomic E-state index is 4.00. The highest BCUT2D eigenvalue weighted by Crippen LogP contribution is 2.41. The molecule has 0 atom stereocenters. The van der Waals surface area contributed by atoms with Crippen molar-refractivity contribution < 1.29 is 0 Å². The first kappa shape index (κ1) is 8.83. The second-order valence-corrected chi connectivity index (χ2v) is 4.25. The molecule has 1 radical (unpaired) electrons. The average molecular weight is 151 g/mol. The van der Waals surface area contributed by atoms with Crippen LogP contribution in [0.2, 0.25) is 0 Å². The first-order valence-electron chi connectivity index (χ1n) is 4.56. The lowest BCUT2D eigenvalue weighted by Gasteiger charge is -2.34. The van der Waals surface area contributed by atoms with E-state index in [0.717, 1.165) is 6.42 Å². The molecular formula is C11H19. The predicted molar refractivity (Wildman–Crippen MR) is 50.3 cm³/mol. The second kappa shape index (κ2) is 3.00. The highest BCUT2D eigenvalue weighted by atomic mass is 14.3. The van der Waals surface area contributed by atoms with Crippen LogP contribution in [0.3, 0.4) is 0 Å². The van der Waals surface area contributed by atoms with Gasteiger partial charge in [-0.2, -0.15) is 0 Å². The zero-order valence-electron chi connectivity index (χ0n) is 8.04. The third-order valence-corrected chi connectivity index (χ3v) is 2.94. The van der Waals surface area contributed by atoms with Crippen molar-refractivity contribution >= 4 is 0 Å². The molecule has 0 bridgehead atoms. The molecule has 0 saturated heterocycles. The van der Waals surface area contributed by atoms with Crippen LogP contribution in [0.25, 0.3) is 0 Å². The van der Waals surface area contributed by atoms with Gasteiger partial charge in [0.15, 0.2) is 0 Å². The number of hydrogen-bond donors (Lipinski definition) is 0. The van der Waals surface area contributed by atoms with Gasteiger partial charge in [-0.15, -0.1) is 0 Å². The molecule has 0 aromatic heterocycles. The van der Waals surface area contributed by atoms with E-state index < -0.39 is 0 Å². The Morgan fingerprint density at radius 3 is 2.45 bits per heavy atom. The van der Waals surface area contributed by atoms with Crippen LogP contribution in [-0.2, 0) is 0 Å². The Kier molecular flexibility index (Phi) is 2.41.